The minimum atomic E-state index is 0.0114. The van der Waals surface area contributed by atoms with Crippen LogP contribution in [-0.2, 0) is 6.42 Å². The zero-order valence-electron chi connectivity index (χ0n) is 10.5. The lowest BCUT2D eigenvalue weighted by atomic mass is 10.1. The molecule has 20 heavy (non-hydrogen) atoms. The Bertz CT molecular complexity index is 715. The molecule has 0 amide bonds. The van der Waals surface area contributed by atoms with Crippen molar-refractivity contribution in [2.24, 2.45) is 0 Å². The predicted molar refractivity (Wildman–Crippen MR) is 71.8 cm³/mol. The minimum absolute atomic E-state index is 0.0114. The van der Waals surface area contributed by atoms with E-state index in [1.165, 1.54) is 5.56 Å². The third kappa shape index (κ3) is 1.82. The highest BCUT2D eigenvalue weighted by atomic mass is 16.5. The summed E-state index contributed by atoms with van der Waals surface area (Å²) in [5, 5.41) is 7.32. The first-order valence-corrected chi connectivity index (χ1v) is 6.35. The number of fused-ring (bicyclic) bond motifs is 1. The molecule has 3 aromatic rings. The predicted octanol–water partition coefficient (Wildman–Crippen LogP) is 2.24. The SMILES string of the molecule is c1cnc(-c2noc(C3Cc4ccccc4N3)n2)nc1. The van der Waals surface area contributed by atoms with Crippen molar-refractivity contribution < 1.29 is 4.52 Å². The monoisotopic (exact) mass is 265 g/mol. The number of aromatic nitrogens is 4. The summed E-state index contributed by atoms with van der Waals surface area (Å²) >= 11 is 0. The van der Waals surface area contributed by atoms with Crippen LogP contribution in [0.3, 0.4) is 0 Å². The van der Waals surface area contributed by atoms with Crippen LogP contribution in [-0.4, -0.2) is 20.1 Å². The van der Waals surface area contributed by atoms with Gasteiger partial charge in [-0.05, 0) is 17.7 Å². The van der Waals surface area contributed by atoms with Gasteiger partial charge >= 0.3 is 0 Å². The molecule has 1 N–H and O–H groups in total. The molecule has 2 aromatic heterocycles. The lowest BCUT2D eigenvalue weighted by Gasteiger charge is -2.04. The first-order valence-electron chi connectivity index (χ1n) is 6.35. The highest BCUT2D eigenvalue weighted by Gasteiger charge is 2.26. The van der Waals surface area contributed by atoms with E-state index in [2.05, 4.69) is 31.5 Å². The van der Waals surface area contributed by atoms with Crippen molar-refractivity contribution in [3.8, 4) is 11.6 Å². The van der Waals surface area contributed by atoms with E-state index in [1.54, 1.807) is 18.5 Å². The van der Waals surface area contributed by atoms with E-state index in [9.17, 15) is 0 Å². The molecule has 1 aromatic carbocycles. The molecule has 1 aliphatic heterocycles. The van der Waals surface area contributed by atoms with Gasteiger partial charge in [-0.2, -0.15) is 4.98 Å². The van der Waals surface area contributed by atoms with Gasteiger partial charge in [0.2, 0.25) is 17.5 Å². The summed E-state index contributed by atoms with van der Waals surface area (Å²) in [6.07, 6.45) is 4.15. The summed E-state index contributed by atoms with van der Waals surface area (Å²) in [7, 11) is 0. The highest BCUT2D eigenvalue weighted by molar-refractivity contribution is 5.57. The van der Waals surface area contributed by atoms with Crippen molar-refractivity contribution in [1.29, 1.82) is 0 Å². The van der Waals surface area contributed by atoms with E-state index in [-0.39, 0.29) is 6.04 Å². The van der Waals surface area contributed by atoms with E-state index < -0.39 is 0 Å². The fourth-order valence-corrected chi connectivity index (χ4v) is 2.33. The van der Waals surface area contributed by atoms with Crippen molar-refractivity contribution in [1.82, 2.24) is 20.1 Å². The molecule has 0 fully saturated rings. The van der Waals surface area contributed by atoms with Crippen LogP contribution >= 0.6 is 0 Å². The lowest BCUT2D eigenvalue weighted by Crippen LogP contribution is -2.06. The van der Waals surface area contributed by atoms with E-state index in [1.807, 2.05) is 18.2 Å². The fraction of sp³-hybridized carbons (Fsp3) is 0.143. The number of hydrogen-bond donors (Lipinski definition) is 1. The molecule has 0 radical (unpaired) electrons. The van der Waals surface area contributed by atoms with Gasteiger partial charge in [-0.3, -0.25) is 0 Å². The molecular formula is C14H11N5O. The average Bonchev–Trinajstić information content (AvgIpc) is 3.14. The van der Waals surface area contributed by atoms with Gasteiger partial charge in [0.25, 0.3) is 0 Å². The molecule has 6 heteroatoms. The molecule has 1 unspecified atom stereocenters. The fourth-order valence-electron chi connectivity index (χ4n) is 2.33. The molecule has 0 spiro atoms. The topological polar surface area (TPSA) is 76.7 Å². The van der Waals surface area contributed by atoms with E-state index in [0.717, 1.165) is 12.1 Å². The van der Waals surface area contributed by atoms with Crippen LogP contribution < -0.4 is 5.32 Å². The zero-order valence-corrected chi connectivity index (χ0v) is 10.5. The van der Waals surface area contributed by atoms with Gasteiger partial charge in [0.15, 0.2) is 0 Å². The van der Waals surface area contributed by atoms with E-state index in [4.69, 9.17) is 4.52 Å². The second-order valence-electron chi connectivity index (χ2n) is 4.59. The van der Waals surface area contributed by atoms with Crippen molar-refractivity contribution in [2.45, 2.75) is 12.5 Å². The highest BCUT2D eigenvalue weighted by Crippen LogP contribution is 2.33. The average molecular weight is 265 g/mol. The number of para-hydroxylation sites is 1. The van der Waals surface area contributed by atoms with Crippen LogP contribution in [0.15, 0.2) is 47.2 Å². The molecule has 1 aliphatic rings. The third-order valence-corrected chi connectivity index (χ3v) is 3.28. The Labute approximate surface area is 114 Å². The Morgan fingerprint density at radius 1 is 1.05 bits per heavy atom. The van der Waals surface area contributed by atoms with Gasteiger partial charge in [0.05, 0.1) is 0 Å². The first-order chi connectivity index (χ1) is 9.90. The number of hydrogen-bond acceptors (Lipinski definition) is 6. The van der Waals surface area contributed by atoms with Crippen molar-refractivity contribution in [3.05, 3.63) is 54.2 Å². The molecule has 0 saturated carbocycles. The molecule has 0 aliphatic carbocycles. The van der Waals surface area contributed by atoms with Crippen LogP contribution in [0, 0.1) is 0 Å². The second-order valence-corrected chi connectivity index (χ2v) is 4.59. The van der Waals surface area contributed by atoms with Crippen LogP contribution in [0.2, 0.25) is 0 Å². The largest absolute Gasteiger partial charge is 0.373 e. The Kier molecular flexibility index (Phi) is 2.45. The molecule has 6 nitrogen and oxygen atoms in total. The minimum Gasteiger partial charge on any atom is -0.373 e. The summed E-state index contributed by atoms with van der Waals surface area (Å²) < 4.78 is 5.33. The third-order valence-electron chi connectivity index (χ3n) is 3.28. The number of anilines is 1. The normalized spacial score (nSPS) is 16.7. The van der Waals surface area contributed by atoms with Crippen LogP contribution in [0.4, 0.5) is 5.69 Å². The summed E-state index contributed by atoms with van der Waals surface area (Å²) in [5.74, 6) is 1.44. The van der Waals surface area contributed by atoms with E-state index >= 15 is 0 Å². The van der Waals surface area contributed by atoms with Gasteiger partial charge in [-0.15, -0.1) is 0 Å². The Morgan fingerprint density at radius 2 is 1.90 bits per heavy atom. The van der Waals surface area contributed by atoms with Crippen LogP contribution in [0.25, 0.3) is 11.6 Å². The summed E-state index contributed by atoms with van der Waals surface area (Å²) in [4.78, 5) is 12.6. The van der Waals surface area contributed by atoms with Gasteiger partial charge in [-0.1, -0.05) is 23.4 Å². The van der Waals surface area contributed by atoms with Crippen molar-refractivity contribution >= 4 is 5.69 Å². The molecule has 3 heterocycles. The molecule has 0 bridgehead atoms. The summed E-state index contributed by atoms with van der Waals surface area (Å²) in [5.41, 5.74) is 2.38. The zero-order chi connectivity index (χ0) is 13.4. The quantitative estimate of drug-likeness (QED) is 0.765. The maximum Gasteiger partial charge on any atom is 0.249 e. The van der Waals surface area contributed by atoms with Crippen LogP contribution in [0.1, 0.15) is 17.5 Å². The van der Waals surface area contributed by atoms with Gasteiger partial charge < -0.3 is 9.84 Å². The number of benzene rings is 1. The number of nitrogens with zero attached hydrogens (tertiary/aromatic N) is 4. The first kappa shape index (κ1) is 11.1. The lowest BCUT2D eigenvalue weighted by molar-refractivity contribution is 0.364. The molecule has 98 valence electrons. The number of rotatable bonds is 2. The van der Waals surface area contributed by atoms with Crippen molar-refractivity contribution in [3.63, 3.8) is 0 Å². The maximum absolute atomic E-state index is 5.33. The summed E-state index contributed by atoms with van der Waals surface area (Å²) in [6.45, 7) is 0. The van der Waals surface area contributed by atoms with Crippen molar-refractivity contribution in [2.75, 3.05) is 5.32 Å². The van der Waals surface area contributed by atoms with Crippen LogP contribution in [0.5, 0.6) is 0 Å². The second kappa shape index (κ2) is 4.41. The Balaban J connectivity index is 1.61. The Hall–Kier alpha value is -2.76. The molecule has 1 atom stereocenters. The smallest absolute Gasteiger partial charge is 0.249 e. The molecule has 4 rings (SSSR count). The molecule has 0 saturated heterocycles. The molecular weight excluding hydrogens is 254 g/mol. The summed E-state index contributed by atoms with van der Waals surface area (Å²) in [6, 6.07) is 9.94. The van der Waals surface area contributed by atoms with Gasteiger partial charge in [0, 0.05) is 24.5 Å². The van der Waals surface area contributed by atoms with Gasteiger partial charge in [-0.25, -0.2) is 9.97 Å². The maximum atomic E-state index is 5.33. The number of nitrogens with one attached hydrogen (secondary N) is 1. The standard InChI is InChI=1S/C14H11N5O/c1-2-5-10-9(4-1)8-11(17-10)14-18-13(19-20-14)12-15-6-3-7-16-12/h1-7,11,17H,8H2. The Morgan fingerprint density at radius 3 is 2.75 bits per heavy atom. The van der Waals surface area contributed by atoms with E-state index in [0.29, 0.717) is 17.5 Å². The van der Waals surface area contributed by atoms with Gasteiger partial charge in [0.1, 0.15) is 6.04 Å².